The molecule has 2 heterocycles. The number of carbonyl (C=O) groups is 2. The third kappa shape index (κ3) is 2.57. The number of thiophene rings is 1. The zero-order valence-electron chi connectivity index (χ0n) is 9.91. The van der Waals surface area contributed by atoms with E-state index >= 15 is 0 Å². The van der Waals surface area contributed by atoms with Crippen LogP contribution in [0.3, 0.4) is 0 Å². The maximum atomic E-state index is 12.3. The van der Waals surface area contributed by atoms with Crippen LogP contribution in [0.15, 0.2) is 12.1 Å². The minimum Gasteiger partial charge on any atom is -0.477 e. The van der Waals surface area contributed by atoms with Gasteiger partial charge >= 0.3 is 18.1 Å². The molecule has 0 saturated carbocycles. The van der Waals surface area contributed by atoms with Crippen molar-refractivity contribution in [2.75, 3.05) is 5.32 Å². The quantitative estimate of drug-likeness (QED) is 0.894. The summed E-state index contributed by atoms with van der Waals surface area (Å²) in [5.41, 5.74) is 0.205. The highest BCUT2D eigenvalue weighted by Crippen LogP contribution is 2.35. The molecule has 20 heavy (non-hydrogen) atoms. The summed E-state index contributed by atoms with van der Waals surface area (Å²) in [6.45, 7) is 1.66. The van der Waals surface area contributed by atoms with Crippen LogP contribution in [0.25, 0.3) is 10.2 Å². The normalized spacial score (nSPS) is 11.6. The number of fused-ring (bicyclic) bond motifs is 1. The van der Waals surface area contributed by atoms with Crippen LogP contribution in [-0.2, 0) is 4.79 Å². The Bertz CT molecular complexity index is 709. The number of nitrogens with one attached hydrogen (secondary N) is 1. The number of carboxylic acids is 1. The zero-order chi connectivity index (χ0) is 15.1. The van der Waals surface area contributed by atoms with Crippen LogP contribution in [0.5, 0.6) is 0 Å². The molecule has 106 valence electrons. The number of pyridine rings is 1. The number of aromatic carboxylic acids is 1. The molecule has 0 fully saturated rings. The topological polar surface area (TPSA) is 79.3 Å². The lowest BCUT2D eigenvalue weighted by Gasteiger charge is -2.08. The Balaban J connectivity index is 2.58. The fourth-order valence-corrected chi connectivity index (χ4v) is 2.54. The van der Waals surface area contributed by atoms with Crippen molar-refractivity contribution >= 4 is 39.1 Å². The van der Waals surface area contributed by atoms with Gasteiger partial charge in [0.15, 0.2) is 0 Å². The second-order valence-corrected chi connectivity index (χ2v) is 4.87. The Kier molecular flexibility index (Phi) is 3.38. The van der Waals surface area contributed by atoms with Crippen molar-refractivity contribution in [2.45, 2.75) is 13.1 Å². The molecule has 9 heteroatoms. The molecule has 0 unspecified atom stereocenters. The summed E-state index contributed by atoms with van der Waals surface area (Å²) in [4.78, 5) is 25.9. The minimum absolute atomic E-state index is 0.163. The van der Waals surface area contributed by atoms with Crippen molar-refractivity contribution in [1.82, 2.24) is 4.98 Å². The Hall–Kier alpha value is -2.16. The van der Waals surface area contributed by atoms with E-state index in [-0.39, 0.29) is 15.9 Å². The van der Waals surface area contributed by atoms with Crippen LogP contribution >= 0.6 is 11.3 Å². The number of carbonyl (C=O) groups excluding carboxylic acids is 1. The number of nitrogens with zero attached hydrogens (tertiary/aromatic N) is 1. The molecular formula is C11H7F3N2O3S. The van der Waals surface area contributed by atoms with Gasteiger partial charge in [0.2, 0.25) is 0 Å². The van der Waals surface area contributed by atoms with Gasteiger partial charge < -0.3 is 10.4 Å². The fraction of sp³-hybridized carbons (Fsp3) is 0.182. The predicted molar refractivity (Wildman–Crippen MR) is 66.0 cm³/mol. The second-order valence-electron chi connectivity index (χ2n) is 3.87. The van der Waals surface area contributed by atoms with Crippen LogP contribution in [-0.4, -0.2) is 28.1 Å². The Morgan fingerprint density at radius 3 is 2.55 bits per heavy atom. The first-order chi connectivity index (χ1) is 9.20. The second kappa shape index (κ2) is 4.75. The van der Waals surface area contributed by atoms with Gasteiger partial charge in [0.1, 0.15) is 9.71 Å². The first-order valence-corrected chi connectivity index (χ1v) is 6.03. The van der Waals surface area contributed by atoms with Gasteiger partial charge in [0.05, 0.1) is 5.69 Å². The van der Waals surface area contributed by atoms with Gasteiger partial charge in [-0.25, -0.2) is 9.78 Å². The fourth-order valence-electron chi connectivity index (χ4n) is 1.53. The molecule has 0 aliphatic carbocycles. The average molecular weight is 304 g/mol. The summed E-state index contributed by atoms with van der Waals surface area (Å²) >= 11 is 0.706. The summed E-state index contributed by atoms with van der Waals surface area (Å²) in [6.07, 6.45) is -5.10. The molecule has 0 bridgehead atoms. The number of aromatic nitrogens is 1. The lowest BCUT2D eigenvalue weighted by molar-refractivity contribution is -0.167. The molecular weight excluding hydrogens is 297 g/mol. The molecule has 0 aromatic carbocycles. The van der Waals surface area contributed by atoms with Gasteiger partial charge in [-0.3, -0.25) is 4.79 Å². The lowest BCUT2D eigenvalue weighted by Crippen LogP contribution is -2.30. The van der Waals surface area contributed by atoms with E-state index in [1.54, 1.807) is 12.2 Å². The summed E-state index contributed by atoms with van der Waals surface area (Å²) in [5, 5.41) is 10.8. The highest BCUT2D eigenvalue weighted by Gasteiger charge is 2.39. The predicted octanol–water partition coefficient (Wildman–Crippen LogP) is 2.80. The number of anilines is 1. The maximum absolute atomic E-state index is 12.3. The summed E-state index contributed by atoms with van der Waals surface area (Å²) in [5.74, 6) is -3.65. The minimum atomic E-state index is -5.10. The average Bonchev–Trinajstić information content (AvgIpc) is 2.66. The Labute approximate surface area is 114 Å². The van der Waals surface area contributed by atoms with E-state index in [0.717, 1.165) is 0 Å². The number of aryl methyl sites for hydroxylation is 1. The molecule has 0 atom stereocenters. The third-order valence-corrected chi connectivity index (χ3v) is 3.47. The highest BCUT2D eigenvalue weighted by molar-refractivity contribution is 7.21. The third-order valence-electron chi connectivity index (χ3n) is 2.38. The summed E-state index contributed by atoms with van der Waals surface area (Å²) in [6, 6.07) is 2.94. The van der Waals surface area contributed by atoms with E-state index in [9.17, 15) is 22.8 Å². The van der Waals surface area contributed by atoms with Crippen molar-refractivity contribution in [1.29, 1.82) is 0 Å². The standard InChI is InChI=1S/C11H7F3N2O3S/c1-4-2-3-5-6(16-10(19)11(12,13)14)7(9(17)18)20-8(5)15-4/h2-3H,1H3,(H,16,19)(H,17,18). The maximum Gasteiger partial charge on any atom is 0.471 e. The molecule has 0 radical (unpaired) electrons. The number of hydrogen-bond acceptors (Lipinski definition) is 4. The van der Waals surface area contributed by atoms with E-state index in [4.69, 9.17) is 5.11 Å². The molecule has 2 aromatic rings. The summed E-state index contributed by atoms with van der Waals surface area (Å²) < 4.78 is 36.8. The van der Waals surface area contributed by atoms with Gasteiger partial charge in [-0.1, -0.05) is 0 Å². The molecule has 0 spiro atoms. The molecule has 0 aliphatic heterocycles. The lowest BCUT2D eigenvalue weighted by atomic mass is 10.2. The number of hydrogen-bond donors (Lipinski definition) is 2. The largest absolute Gasteiger partial charge is 0.477 e. The van der Waals surface area contributed by atoms with E-state index in [1.165, 1.54) is 12.1 Å². The molecule has 2 aromatic heterocycles. The van der Waals surface area contributed by atoms with E-state index in [0.29, 0.717) is 17.0 Å². The smallest absolute Gasteiger partial charge is 0.471 e. The van der Waals surface area contributed by atoms with Crippen LogP contribution in [0.4, 0.5) is 18.9 Å². The molecule has 2 N–H and O–H groups in total. The van der Waals surface area contributed by atoms with Gasteiger partial charge in [0.25, 0.3) is 0 Å². The molecule has 1 amide bonds. The van der Waals surface area contributed by atoms with Crippen LogP contribution < -0.4 is 5.32 Å². The van der Waals surface area contributed by atoms with E-state index < -0.39 is 22.9 Å². The molecule has 0 aliphatic rings. The van der Waals surface area contributed by atoms with Gasteiger partial charge in [-0.2, -0.15) is 13.2 Å². The molecule has 0 saturated heterocycles. The van der Waals surface area contributed by atoms with Crippen molar-refractivity contribution in [3.8, 4) is 0 Å². The van der Waals surface area contributed by atoms with Crippen molar-refractivity contribution in [2.24, 2.45) is 0 Å². The molecule has 2 rings (SSSR count). The van der Waals surface area contributed by atoms with Crippen LogP contribution in [0.2, 0.25) is 0 Å². The SMILES string of the molecule is Cc1ccc2c(NC(=O)C(F)(F)F)c(C(=O)O)sc2n1. The number of amides is 1. The highest BCUT2D eigenvalue weighted by atomic mass is 32.1. The monoisotopic (exact) mass is 304 g/mol. The van der Waals surface area contributed by atoms with Crippen molar-refractivity contribution in [3.05, 3.63) is 22.7 Å². The van der Waals surface area contributed by atoms with Crippen LogP contribution in [0, 0.1) is 6.92 Å². The van der Waals surface area contributed by atoms with Crippen LogP contribution in [0.1, 0.15) is 15.4 Å². The number of alkyl halides is 3. The van der Waals surface area contributed by atoms with Gasteiger partial charge in [0, 0.05) is 11.1 Å². The Morgan fingerprint density at radius 2 is 2.00 bits per heavy atom. The van der Waals surface area contributed by atoms with Crippen molar-refractivity contribution < 1.29 is 27.9 Å². The zero-order valence-corrected chi connectivity index (χ0v) is 10.7. The number of rotatable bonds is 2. The first kappa shape index (κ1) is 14.3. The van der Waals surface area contributed by atoms with Gasteiger partial charge in [-0.15, -0.1) is 11.3 Å². The number of halogens is 3. The first-order valence-electron chi connectivity index (χ1n) is 5.21. The van der Waals surface area contributed by atoms with E-state index in [1.807, 2.05) is 0 Å². The van der Waals surface area contributed by atoms with E-state index in [2.05, 4.69) is 4.98 Å². The summed E-state index contributed by atoms with van der Waals surface area (Å²) in [7, 11) is 0. The number of carboxylic acid groups (broad SMARTS) is 1. The Morgan fingerprint density at radius 1 is 1.35 bits per heavy atom. The van der Waals surface area contributed by atoms with Crippen molar-refractivity contribution in [3.63, 3.8) is 0 Å². The van der Waals surface area contributed by atoms with Gasteiger partial charge in [-0.05, 0) is 19.1 Å². The molecule has 5 nitrogen and oxygen atoms in total.